The zero-order valence-corrected chi connectivity index (χ0v) is 16.6. The number of carbonyl (C=O) groups excluding carboxylic acids is 1. The van der Waals surface area contributed by atoms with Crippen molar-refractivity contribution in [2.45, 2.75) is 31.8 Å². The lowest BCUT2D eigenvalue weighted by Gasteiger charge is -2.23. The van der Waals surface area contributed by atoms with Gasteiger partial charge >= 0.3 is 0 Å². The predicted octanol–water partition coefficient (Wildman–Crippen LogP) is 4.48. The number of hydrogen-bond donors (Lipinski definition) is 0. The van der Waals surface area contributed by atoms with Gasteiger partial charge in [-0.05, 0) is 48.7 Å². The second kappa shape index (κ2) is 8.48. The highest BCUT2D eigenvalue weighted by Gasteiger charge is 2.30. The van der Waals surface area contributed by atoms with Crippen molar-refractivity contribution in [3.63, 3.8) is 0 Å². The van der Waals surface area contributed by atoms with Gasteiger partial charge in [-0.1, -0.05) is 6.58 Å². The third kappa shape index (κ3) is 4.21. The fourth-order valence-corrected chi connectivity index (χ4v) is 3.70. The van der Waals surface area contributed by atoms with Crippen molar-refractivity contribution in [2.24, 2.45) is 5.10 Å². The first-order valence-electron chi connectivity index (χ1n) is 9.81. The van der Waals surface area contributed by atoms with Crippen LogP contribution in [-0.2, 0) is 11.3 Å². The monoisotopic (exact) mass is 419 g/mol. The molecule has 156 valence electrons. The van der Waals surface area contributed by atoms with Crippen molar-refractivity contribution in [1.82, 2.24) is 14.6 Å². The van der Waals surface area contributed by atoms with Crippen LogP contribution in [0.15, 0.2) is 60.0 Å². The Hall–Kier alpha value is -3.86. The van der Waals surface area contributed by atoms with Gasteiger partial charge in [0.1, 0.15) is 11.6 Å². The molecule has 0 spiro atoms. The molecule has 1 aliphatic heterocycles. The number of nitriles is 1. The third-order valence-corrected chi connectivity index (χ3v) is 5.24. The molecule has 0 fully saturated rings. The Kier molecular flexibility index (Phi) is 5.58. The van der Waals surface area contributed by atoms with E-state index in [1.165, 1.54) is 17.1 Å². The zero-order valence-electron chi connectivity index (χ0n) is 16.6. The lowest BCUT2D eigenvalue weighted by Crippen LogP contribution is -2.28. The summed E-state index contributed by atoms with van der Waals surface area (Å²) in [6, 6.07) is 10.1. The van der Waals surface area contributed by atoms with E-state index >= 15 is 0 Å². The molecule has 1 amide bonds. The molecule has 0 bridgehead atoms. The Balaban J connectivity index is 1.39. The molecule has 0 saturated heterocycles. The molecule has 1 unspecified atom stereocenters. The van der Waals surface area contributed by atoms with Gasteiger partial charge in [-0.2, -0.15) is 10.4 Å². The number of imidazole rings is 1. The molecule has 0 radical (unpaired) electrons. The summed E-state index contributed by atoms with van der Waals surface area (Å²) in [6.45, 7) is 4.51. The first-order chi connectivity index (χ1) is 15.0. The summed E-state index contributed by atoms with van der Waals surface area (Å²) in [7, 11) is 0. The predicted molar refractivity (Wildman–Crippen MR) is 112 cm³/mol. The second-order valence-electron chi connectivity index (χ2n) is 7.36. The van der Waals surface area contributed by atoms with Gasteiger partial charge in [0.2, 0.25) is 0 Å². The molecule has 2 heterocycles. The average Bonchev–Trinajstić information content (AvgIpc) is 3.39. The number of benzene rings is 2. The fourth-order valence-electron chi connectivity index (χ4n) is 3.70. The minimum atomic E-state index is -0.692. The molecule has 31 heavy (non-hydrogen) atoms. The number of hydrogen-bond acceptors (Lipinski definition) is 4. The maximum Gasteiger partial charge on any atom is 0.269 e. The summed E-state index contributed by atoms with van der Waals surface area (Å²) in [5, 5.41) is 14.3. The SMILES string of the molecule is C=C(CCCn1cnc2cc(C#N)ccc21)C(=O)N1N=CCC1c1cc(F)cc(F)c1. The van der Waals surface area contributed by atoms with E-state index in [1.54, 1.807) is 24.7 Å². The van der Waals surface area contributed by atoms with Crippen LogP contribution in [0.4, 0.5) is 8.78 Å². The largest absolute Gasteiger partial charge is 0.331 e. The molecule has 4 rings (SSSR count). The van der Waals surface area contributed by atoms with Crippen LogP contribution >= 0.6 is 0 Å². The highest BCUT2D eigenvalue weighted by molar-refractivity contribution is 5.94. The zero-order chi connectivity index (χ0) is 22.0. The second-order valence-corrected chi connectivity index (χ2v) is 7.36. The Morgan fingerprint density at radius 3 is 2.74 bits per heavy atom. The third-order valence-electron chi connectivity index (χ3n) is 5.24. The Morgan fingerprint density at radius 1 is 1.23 bits per heavy atom. The summed E-state index contributed by atoms with van der Waals surface area (Å²) in [5.41, 5.74) is 2.93. The number of nitrogens with zero attached hydrogens (tertiary/aromatic N) is 5. The fraction of sp³-hybridized carbons (Fsp3) is 0.217. The maximum atomic E-state index is 13.6. The number of halogens is 2. The number of aryl methyl sites for hydroxylation is 1. The van der Waals surface area contributed by atoms with E-state index in [4.69, 9.17) is 5.26 Å². The minimum Gasteiger partial charge on any atom is -0.331 e. The molecule has 8 heteroatoms. The van der Waals surface area contributed by atoms with Gasteiger partial charge < -0.3 is 4.57 Å². The standard InChI is InChI=1S/C23H19F2N5O/c1-15(3-2-8-29-14-27-20-9-16(13-26)4-5-22(20)29)23(31)30-21(6-7-28-30)17-10-18(24)12-19(25)11-17/h4-5,7,9-12,14,21H,1-3,6,8H2. The van der Waals surface area contributed by atoms with Crippen LogP contribution in [0, 0.1) is 23.0 Å². The van der Waals surface area contributed by atoms with Gasteiger partial charge in [-0.25, -0.2) is 18.8 Å². The number of amides is 1. The lowest BCUT2D eigenvalue weighted by molar-refractivity contribution is -0.129. The Morgan fingerprint density at radius 2 is 2.00 bits per heavy atom. The number of rotatable bonds is 6. The Labute approximate surface area is 177 Å². The molecule has 1 aromatic heterocycles. The van der Waals surface area contributed by atoms with Crippen LogP contribution in [0.25, 0.3) is 11.0 Å². The first-order valence-corrected chi connectivity index (χ1v) is 9.81. The lowest BCUT2D eigenvalue weighted by atomic mass is 10.0. The van der Waals surface area contributed by atoms with Crippen LogP contribution in [0.5, 0.6) is 0 Å². The van der Waals surface area contributed by atoms with E-state index in [0.29, 0.717) is 42.5 Å². The quantitative estimate of drug-likeness (QED) is 0.553. The smallest absolute Gasteiger partial charge is 0.269 e. The van der Waals surface area contributed by atoms with E-state index in [-0.39, 0.29) is 5.91 Å². The molecule has 0 aliphatic carbocycles. The van der Waals surface area contributed by atoms with Crippen LogP contribution in [-0.4, -0.2) is 26.7 Å². The van der Waals surface area contributed by atoms with E-state index in [0.717, 1.165) is 17.1 Å². The number of aromatic nitrogens is 2. The van der Waals surface area contributed by atoms with E-state index in [9.17, 15) is 13.6 Å². The van der Waals surface area contributed by atoms with Crippen LogP contribution in [0.1, 0.15) is 36.4 Å². The molecule has 1 aliphatic rings. The van der Waals surface area contributed by atoms with Gasteiger partial charge in [0.15, 0.2) is 0 Å². The van der Waals surface area contributed by atoms with Gasteiger partial charge in [-0.3, -0.25) is 4.79 Å². The molecule has 0 N–H and O–H groups in total. The van der Waals surface area contributed by atoms with Crippen LogP contribution < -0.4 is 0 Å². The summed E-state index contributed by atoms with van der Waals surface area (Å²) < 4.78 is 29.2. The summed E-state index contributed by atoms with van der Waals surface area (Å²) in [4.78, 5) is 17.2. The first kappa shape index (κ1) is 20.4. The number of hydrazone groups is 1. The van der Waals surface area contributed by atoms with Crippen LogP contribution in [0.2, 0.25) is 0 Å². The van der Waals surface area contributed by atoms with Crippen molar-refractivity contribution in [2.75, 3.05) is 0 Å². The molecular formula is C23H19F2N5O. The van der Waals surface area contributed by atoms with Crippen molar-refractivity contribution in [3.8, 4) is 6.07 Å². The summed E-state index contributed by atoms with van der Waals surface area (Å²) in [6.07, 6.45) is 4.73. The molecule has 0 saturated carbocycles. The molecular weight excluding hydrogens is 400 g/mol. The van der Waals surface area contributed by atoms with E-state index in [1.807, 2.05) is 10.6 Å². The van der Waals surface area contributed by atoms with E-state index in [2.05, 4.69) is 22.7 Å². The normalized spacial score (nSPS) is 15.4. The van der Waals surface area contributed by atoms with Gasteiger partial charge in [0.05, 0.1) is 35.0 Å². The van der Waals surface area contributed by atoms with Crippen LogP contribution in [0.3, 0.4) is 0 Å². The highest BCUT2D eigenvalue weighted by atomic mass is 19.1. The highest BCUT2D eigenvalue weighted by Crippen LogP contribution is 2.31. The summed E-state index contributed by atoms with van der Waals surface area (Å²) >= 11 is 0. The van der Waals surface area contributed by atoms with Crippen molar-refractivity contribution >= 4 is 23.2 Å². The average molecular weight is 419 g/mol. The summed E-state index contributed by atoms with van der Waals surface area (Å²) in [5.74, 6) is -1.75. The van der Waals surface area contributed by atoms with Crippen molar-refractivity contribution < 1.29 is 13.6 Å². The molecule has 6 nitrogen and oxygen atoms in total. The van der Waals surface area contributed by atoms with E-state index < -0.39 is 17.7 Å². The topological polar surface area (TPSA) is 74.3 Å². The number of carbonyl (C=O) groups is 1. The molecule has 1 atom stereocenters. The van der Waals surface area contributed by atoms with Gasteiger partial charge in [-0.15, -0.1) is 0 Å². The van der Waals surface area contributed by atoms with Gasteiger partial charge in [0, 0.05) is 30.8 Å². The van der Waals surface area contributed by atoms with Crippen molar-refractivity contribution in [3.05, 3.63) is 77.6 Å². The number of fused-ring (bicyclic) bond motifs is 1. The van der Waals surface area contributed by atoms with Crippen molar-refractivity contribution in [1.29, 1.82) is 5.26 Å². The minimum absolute atomic E-state index is 0.359. The maximum absolute atomic E-state index is 13.6. The molecule has 2 aromatic carbocycles. The molecule has 3 aromatic rings. The Bertz CT molecular complexity index is 1220. The van der Waals surface area contributed by atoms with Gasteiger partial charge in [0.25, 0.3) is 5.91 Å².